The zero-order chi connectivity index (χ0) is 24.8. The number of pyridine rings is 2. The van der Waals surface area contributed by atoms with Gasteiger partial charge in [0, 0.05) is 72.6 Å². The van der Waals surface area contributed by atoms with E-state index in [2.05, 4.69) is 40.0 Å². The molecule has 1 amide bonds. The minimum Gasteiger partial charge on any atom is -0.353 e. The van der Waals surface area contributed by atoms with Gasteiger partial charge >= 0.3 is 0 Å². The fraction of sp³-hybridized carbons (Fsp3) is 0.296. The Kier molecular flexibility index (Phi) is 5.29. The highest BCUT2D eigenvalue weighted by molar-refractivity contribution is 5.92. The molecule has 0 bridgehead atoms. The molecule has 6 rings (SSSR count). The maximum absolute atomic E-state index is 12.2. The van der Waals surface area contributed by atoms with Crippen LogP contribution in [-0.4, -0.2) is 61.4 Å². The number of hydrogen-bond acceptors (Lipinski definition) is 6. The van der Waals surface area contributed by atoms with Gasteiger partial charge in [-0.2, -0.15) is 15.5 Å². The van der Waals surface area contributed by atoms with Gasteiger partial charge < -0.3 is 9.80 Å². The van der Waals surface area contributed by atoms with Crippen molar-refractivity contribution in [1.82, 2.24) is 29.3 Å². The summed E-state index contributed by atoms with van der Waals surface area (Å²) in [6, 6.07) is 8.90. The lowest BCUT2D eigenvalue weighted by Crippen LogP contribution is -2.49. The number of carbonyl (C=O) groups excluding carboxylic acids is 1. The molecule has 9 nitrogen and oxygen atoms in total. The Morgan fingerprint density at radius 1 is 1.03 bits per heavy atom. The first-order chi connectivity index (χ1) is 17.5. The normalized spacial score (nSPS) is 15.8. The lowest BCUT2D eigenvalue weighted by Gasteiger charge is -2.35. The van der Waals surface area contributed by atoms with Crippen molar-refractivity contribution in [3.8, 4) is 28.3 Å². The highest BCUT2D eigenvalue weighted by atomic mass is 16.2. The summed E-state index contributed by atoms with van der Waals surface area (Å²) < 4.78 is 3.80. The summed E-state index contributed by atoms with van der Waals surface area (Å²) in [5.41, 5.74) is 5.66. The van der Waals surface area contributed by atoms with Gasteiger partial charge in [0.25, 0.3) is 0 Å². The van der Waals surface area contributed by atoms with Gasteiger partial charge in [0.05, 0.1) is 29.5 Å². The van der Waals surface area contributed by atoms with Crippen LogP contribution in [-0.2, 0) is 4.79 Å². The standard InChI is InChI=1S/C27H26N8O/c1-18(2)27(36)33-9-7-32(8-10-33)25-6-3-19(13-29-25)24-11-20(16-35-26(24)21(12-28)14-31-35)22-15-30-34(17-22)23-4-5-23/h3,6,11,13-17,23H,1,4-5,7-10H2,2H3. The minimum absolute atomic E-state index is 0.0126. The summed E-state index contributed by atoms with van der Waals surface area (Å²) in [6.07, 6.45) is 11.7. The maximum atomic E-state index is 12.2. The van der Waals surface area contributed by atoms with E-state index in [0.29, 0.717) is 30.3 Å². The Balaban J connectivity index is 1.31. The third-order valence-electron chi connectivity index (χ3n) is 6.90. The second-order valence-electron chi connectivity index (χ2n) is 9.51. The van der Waals surface area contributed by atoms with Crippen LogP contribution in [0.15, 0.2) is 61.3 Å². The first-order valence-corrected chi connectivity index (χ1v) is 12.1. The van der Waals surface area contributed by atoms with Crippen LogP contribution in [0.4, 0.5) is 5.82 Å². The van der Waals surface area contributed by atoms with E-state index >= 15 is 0 Å². The highest BCUT2D eigenvalue weighted by Gasteiger charge is 2.25. The smallest absolute Gasteiger partial charge is 0.249 e. The third-order valence-corrected chi connectivity index (χ3v) is 6.90. The van der Waals surface area contributed by atoms with Crippen molar-refractivity contribution in [3.63, 3.8) is 0 Å². The molecular weight excluding hydrogens is 452 g/mol. The van der Waals surface area contributed by atoms with Crippen molar-refractivity contribution < 1.29 is 4.79 Å². The molecule has 0 unspecified atom stereocenters. The summed E-state index contributed by atoms with van der Waals surface area (Å²) in [7, 11) is 0. The number of amides is 1. The molecule has 1 aliphatic heterocycles. The highest BCUT2D eigenvalue weighted by Crippen LogP contribution is 2.36. The van der Waals surface area contributed by atoms with E-state index in [1.807, 2.05) is 40.3 Å². The monoisotopic (exact) mass is 478 g/mol. The first-order valence-electron chi connectivity index (χ1n) is 12.1. The minimum atomic E-state index is 0.0126. The number of aromatic nitrogens is 5. The number of piperazine rings is 1. The first kappa shape index (κ1) is 22.0. The molecule has 4 aromatic rings. The number of rotatable bonds is 5. The zero-order valence-corrected chi connectivity index (χ0v) is 20.1. The van der Waals surface area contributed by atoms with Gasteiger partial charge in [-0.05, 0) is 38.0 Å². The summed E-state index contributed by atoms with van der Waals surface area (Å²) in [4.78, 5) is 21.0. The second-order valence-corrected chi connectivity index (χ2v) is 9.51. The van der Waals surface area contributed by atoms with E-state index in [4.69, 9.17) is 4.98 Å². The molecule has 2 fully saturated rings. The van der Waals surface area contributed by atoms with Crippen molar-refractivity contribution in [2.24, 2.45) is 0 Å². The van der Waals surface area contributed by atoms with Gasteiger partial charge in [0.15, 0.2) is 0 Å². The summed E-state index contributed by atoms with van der Waals surface area (Å²) >= 11 is 0. The van der Waals surface area contributed by atoms with Crippen LogP contribution in [0.25, 0.3) is 27.8 Å². The van der Waals surface area contributed by atoms with Crippen LogP contribution < -0.4 is 4.90 Å². The fourth-order valence-corrected chi connectivity index (χ4v) is 4.75. The van der Waals surface area contributed by atoms with Crippen molar-refractivity contribution in [2.45, 2.75) is 25.8 Å². The van der Waals surface area contributed by atoms with Crippen LogP contribution in [0, 0.1) is 11.3 Å². The molecule has 180 valence electrons. The number of nitriles is 1. The van der Waals surface area contributed by atoms with Crippen molar-refractivity contribution in [2.75, 3.05) is 31.1 Å². The quantitative estimate of drug-likeness (QED) is 0.406. The molecule has 1 saturated heterocycles. The van der Waals surface area contributed by atoms with Crippen molar-refractivity contribution >= 4 is 17.2 Å². The van der Waals surface area contributed by atoms with Gasteiger partial charge in [0.2, 0.25) is 5.91 Å². The van der Waals surface area contributed by atoms with Crippen molar-refractivity contribution in [3.05, 3.63) is 66.9 Å². The molecule has 4 aromatic heterocycles. The predicted octanol–water partition coefficient (Wildman–Crippen LogP) is 3.69. The third kappa shape index (κ3) is 3.90. The van der Waals surface area contributed by atoms with E-state index in [1.165, 1.54) is 12.8 Å². The van der Waals surface area contributed by atoms with Crippen LogP contribution >= 0.6 is 0 Å². The average Bonchev–Trinajstić information content (AvgIpc) is 3.49. The van der Waals surface area contributed by atoms with Gasteiger partial charge in [-0.1, -0.05) is 6.58 Å². The fourth-order valence-electron chi connectivity index (χ4n) is 4.75. The van der Waals surface area contributed by atoms with E-state index in [9.17, 15) is 10.1 Å². The van der Waals surface area contributed by atoms with E-state index in [-0.39, 0.29) is 5.91 Å². The molecule has 0 radical (unpaired) electrons. The maximum Gasteiger partial charge on any atom is 0.249 e. The van der Waals surface area contributed by atoms with Crippen LogP contribution in [0.3, 0.4) is 0 Å². The molecule has 0 N–H and O–H groups in total. The van der Waals surface area contributed by atoms with Crippen LogP contribution in [0.1, 0.15) is 31.4 Å². The second kappa shape index (κ2) is 8.64. The van der Waals surface area contributed by atoms with Crippen molar-refractivity contribution in [1.29, 1.82) is 5.26 Å². The topological polar surface area (TPSA) is 95.4 Å². The average molecular weight is 479 g/mol. The molecular formula is C27H26N8O. The molecule has 1 saturated carbocycles. The molecule has 2 aliphatic rings. The number of nitrogens with zero attached hydrogens (tertiary/aromatic N) is 8. The number of carbonyl (C=O) groups is 1. The molecule has 5 heterocycles. The Hall–Kier alpha value is -4.45. The Morgan fingerprint density at radius 3 is 2.50 bits per heavy atom. The Bertz CT molecular complexity index is 1510. The van der Waals surface area contributed by atoms with Gasteiger partial charge in [-0.25, -0.2) is 9.50 Å². The number of hydrogen-bond donors (Lipinski definition) is 0. The number of anilines is 1. The Labute approximate surface area is 208 Å². The van der Waals surface area contributed by atoms with E-state index in [0.717, 1.165) is 46.7 Å². The number of fused-ring (bicyclic) bond motifs is 1. The SMILES string of the molecule is C=C(C)C(=O)N1CCN(c2ccc(-c3cc(-c4cnn(C5CC5)c4)cn4ncc(C#N)c34)cn2)CC1. The van der Waals surface area contributed by atoms with Gasteiger partial charge in [-0.3, -0.25) is 9.48 Å². The predicted molar refractivity (Wildman–Crippen MR) is 136 cm³/mol. The lowest BCUT2D eigenvalue weighted by molar-refractivity contribution is -0.127. The van der Waals surface area contributed by atoms with E-state index < -0.39 is 0 Å². The van der Waals surface area contributed by atoms with E-state index in [1.54, 1.807) is 17.6 Å². The molecule has 0 spiro atoms. The zero-order valence-electron chi connectivity index (χ0n) is 20.1. The summed E-state index contributed by atoms with van der Waals surface area (Å²) in [5, 5.41) is 18.7. The van der Waals surface area contributed by atoms with Crippen LogP contribution in [0.5, 0.6) is 0 Å². The van der Waals surface area contributed by atoms with Gasteiger partial charge in [0.1, 0.15) is 11.9 Å². The lowest BCUT2D eigenvalue weighted by atomic mass is 10.0. The Morgan fingerprint density at radius 2 is 1.83 bits per heavy atom. The van der Waals surface area contributed by atoms with Crippen LogP contribution in [0.2, 0.25) is 0 Å². The summed E-state index contributed by atoms with van der Waals surface area (Å²) in [6.45, 7) is 8.25. The molecule has 36 heavy (non-hydrogen) atoms. The molecule has 9 heteroatoms. The molecule has 0 atom stereocenters. The summed E-state index contributed by atoms with van der Waals surface area (Å²) in [5.74, 6) is 0.881. The largest absolute Gasteiger partial charge is 0.353 e. The molecule has 1 aliphatic carbocycles. The molecule has 0 aromatic carbocycles. The van der Waals surface area contributed by atoms with Gasteiger partial charge in [-0.15, -0.1) is 0 Å².